The Labute approximate surface area is 182 Å². The van der Waals surface area contributed by atoms with Gasteiger partial charge in [-0.2, -0.15) is 0 Å². The molecule has 2 atom stereocenters. The van der Waals surface area contributed by atoms with Gasteiger partial charge in [0.1, 0.15) is 12.6 Å². The fourth-order valence-corrected chi connectivity index (χ4v) is 2.82. The van der Waals surface area contributed by atoms with Gasteiger partial charge >= 0.3 is 18.0 Å². The topological polar surface area (TPSA) is 120 Å². The van der Waals surface area contributed by atoms with E-state index in [1.807, 2.05) is 30.3 Å². The van der Waals surface area contributed by atoms with Crippen molar-refractivity contribution >= 4 is 23.9 Å². The molecule has 31 heavy (non-hydrogen) atoms. The second-order valence-corrected chi connectivity index (χ2v) is 7.13. The van der Waals surface area contributed by atoms with Gasteiger partial charge in [0.15, 0.2) is 0 Å². The first kappa shape index (κ1) is 25.9. The van der Waals surface area contributed by atoms with Gasteiger partial charge in [0, 0.05) is 13.0 Å². The fourth-order valence-electron chi connectivity index (χ4n) is 2.82. The van der Waals surface area contributed by atoms with Gasteiger partial charge in [0.2, 0.25) is 5.91 Å². The molecule has 0 radical (unpaired) electrons. The summed E-state index contributed by atoms with van der Waals surface area (Å²) in [5.74, 6) is -1.84. The third kappa shape index (κ3) is 11.0. The van der Waals surface area contributed by atoms with Crippen molar-refractivity contribution in [2.24, 2.45) is 5.92 Å². The quantitative estimate of drug-likeness (QED) is 0.277. The summed E-state index contributed by atoms with van der Waals surface area (Å²) in [5, 5.41) is 5.30. The number of rotatable bonds is 13. The number of alkyl carbamates (subject to hydrolysis) is 1. The smallest absolute Gasteiger partial charge is 0.407 e. The second-order valence-electron chi connectivity index (χ2n) is 7.13. The minimum Gasteiger partial charge on any atom is -0.469 e. The van der Waals surface area contributed by atoms with Crippen molar-refractivity contribution in [3.05, 3.63) is 35.9 Å². The molecule has 9 heteroatoms. The van der Waals surface area contributed by atoms with Gasteiger partial charge in [-0.05, 0) is 24.3 Å². The van der Waals surface area contributed by atoms with E-state index in [1.165, 1.54) is 14.2 Å². The number of ether oxygens (including phenoxy) is 3. The number of amides is 2. The van der Waals surface area contributed by atoms with Gasteiger partial charge < -0.3 is 24.8 Å². The van der Waals surface area contributed by atoms with Crippen molar-refractivity contribution in [1.29, 1.82) is 0 Å². The molecule has 0 aliphatic heterocycles. The predicted molar refractivity (Wildman–Crippen MR) is 113 cm³/mol. The van der Waals surface area contributed by atoms with Gasteiger partial charge in [0.05, 0.1) is 20.6 Å². The van der Waals surface area contributed by atoms with Crippen LogP contribution in [0.25, 0.3) is 0 Å². The number of unbranched alkanes of at least 4 members (excludes halogenated alkanes) is 2. The van der Waals surface area contributed by atoms with Crippen molar-refractivity contribution in [3.8, 4) is 0 Å². The summed E-state index contributed by atoms with van der Waals surface area (Å²) in [6, 6.07) is 8.47. The van der Waals surface area contributed by atoms with E-state index in [1.54, 1.807) is 6.92 Å². The summed E-state index contributed by atoms with van der Waals surface area (Å²) in [6.07, 6.45) is 1.72. The molecule has 172 valence electrons. The zero-order chi connectivity index (χ0) is 23.1. The van der Waals surface area contributed by atoms with E-state index in [0.29, 0.717) is 25.8 Å². The van der Waals surface area contributed by atoms with Crippen LogP contribution in [-0.2, 0) is 35.2 Å². The lowest BCUT2D eigenvalue weighted by Crippen LogP contribution is -2.46. The van der Waals surface area contributed by atoms with Gasteiger partial charge in [0.25, 0.3) is 0 Å². The molecule has 0 saturated carbocycles. The van der Waals surface area contributed by atoms with E-state index in [9.17, 15) is 19.2 Å². The molecule has 0 aliphatic carbocycles. The molecule has 0 aliphatic rings. The summed E-state index contributed by atoms with van der Waals surface area (Å²) in [5.41, 5.74) is 0.912. The lowest BCUT2D eigenvalue weighted by Gasteiger charge is -2.22. The average Bonchev–Trinajstić information content (AvgIpc) is 2.78. The molecular weight excluding hydrogens is 404 g/mol. The summed E-state index contributed by atoms with van der Waals surface area (Å²) in [7, 11) is 2.49. The number of esters is 2. The first-order valence-electron chi connectivity index (χ1n) is 10.3. The van der Waals surface area contributed by atoms with Crippen molar-refractivity contribution in [2.45, 2.75) is 51.7 Å². The van der Waals surface area contributed by atoms with Crippen LogP contribution in [-0.4, -0.2) is 50.7 Å². The lowest BCUT2D eigenvalue weighted by atomic mass is 9.98. The van der Waals surface area contributed by atoms with Gasteiger partial charge in [-0.3, -0.25) is 9.59 Å². The Kier molecular flexibility index (Phi) is 12.4. The number of hydrogen-bond donors (Lipinski definition) is 2. The maximum Gasteiger partial charge on any atom is 0.407 e. The number of methoxy groups -OCH3 is 2. The number of carbonyl (C=O) groups excluding carboxylic acids is 4. The number of hydrogen-bond acceptors (Lipinski definition) is 7. The fraction of sp³-hybridized carbons (Fsp3) is 0.545. The zero-order valence-corrected chi connectivity index (χ0v) is 18.3. The highest BCUT2D eigenvalue weighted by molar-refractivity contribution is 5.85. The first-order chi connectivity index (χ1) is 14.9. The van der Waals surface area contributed by atoms with Crippen LogP contribution in [0, 0.1) is 5.92 Å². The minimum atomic E-state index is -0.919. The maximum atomic E-state index is 12.2. The second kappa shape index (κ2) is 14.8. The summed E-state index contributed by atoms with van der Waals surface area (Å²) in [4.78, 5) is 47.2. The molecule has 1 rings (SSSR count). The average molecular weight is 437 g/mol. The Bertz CT molecular complexity index is 709. The van der Waals surface area contributed by atoms with Gasteiger partial charge in [-0.25, -0.2) is 9.59 Å². The van der Waals surface area contributed by atoms with E-state index in [-0.39, 0.29) is 25.4 Å². The van der Waals surface area contributed by atoms with Gasteiger partial charge in [-0.15, -0.1) is 0 Å². The maximum absolute atomic E-state index is 12.2. The van der Waals surface area contributed by atoms with Crippen LogP contribution < -0.4 is 10.6 Å². The lowest BCUT2D eigenvalue weighted by molar-refractivity contribution is -0.148. The Morgan fingerprint density at radius 2 is 1.68 bits per heavy atom. The molecule has 0 spiro atoms. The molecule has 1 aromatic carbocycles. The highest BCUT2D eigenvalue weighted by Crippen LogP contribution is 2.12. The highest BCUT2D eigenvalue weighted by Gasteiger charge is 2.29. The molecule has 2 N–H and O–H groups in total. The normalized spacial score (nSPS) is 12.2. The molecule has 0 saturated heterocycles. The van der Waals surface area contributed by atoms with Crippen LogP contribution in [0.5, 0.6) is 0 Å². The first-order valence-corrected chi connectivity index (χ1v) is 10.3. The summed E-state index contributed by atoms with van der Waals surface area (Å²) in [6.45, 7) is 2.32. The molecule has 0 bridgehead atoms. The Morgan fingerprint density at radius 1 is 0.968 bits per heavy atom. The summed E-state index contributed by atoms with van der Waals surface area (Å²) < 4.78 is 14.4. The Morgan fingerprint density at radius 3 is 2.32 bits per heavy atom. The van der Waals surface area contributed by atoms with Crippen LogP contribution >= 0.6 is 0 Å². The van der Waals surface area contributed by atoms with Crippen molar-refractivity contribution in [1.82, 2.24) is 10.6 Å². The molecule has 0 fully saturated rings. The van der Waals surface area contributed by atoms with E-state index in [2.05, 4.69) is 15.4 Å². The monoisotopic (exact) mass is 436 g/mol. The number of carbonyl (C=O) groups is 4. The third-order valence-electron chi connectivity index (χ3n) is 4.62. The van der Waals surface area contributed by atoms with E-state index < -0.39 is 30.0 Å². The largest absolute Gasteiger partial charge is 0.469 e. The van der Waals surface area contributed by atoms with Crippen molar-refractivity contribution < 1.29 is 33.4 Å². The van der Waals surface area contributed by atoms with Gasteiger partial charge in [-0.1, -0.05) is 43.7 Å². The molecule has 0 unspecified atom stereocenters. The Balaban J connectivity index is 2.22. The van der Waals surface area contributed by atoms with E-state index >= 15 is 0 Å². The van der Waals surface area contributed by atoms with Crippen LogP contribution in [0.1, 0.15) is 44.6 Å². The zero-order valence-electron chi connectivity index (χ0n) is 18.3. The molecular formula is C22H32N2O7. The standard InChI is InChI=1S/C22H32N2O7/c1-16(14-19(26)29-2)20(21(27)30-3)24-18(25)12-8-5-9-13-23-22(28)31-15-17-10-6-4-7-11-17/h4,6-7,10-11,16,20H,5,8-9,12-15H2,1-3H3,(H,23,28)(H,24,25)/t16-,20+/m0/s1. The molecule has 0 heterocycles. The minimum absolute atomic E-state index is 0.0113. The van der Waals surface area contributed by atoms with Crippen LogP contribution in [0.15, 0.2) is 30.3 Å². The van der Waals surface area contributed by atoms with Crippen LogP contribution in [0.3, 0.4) is 0 Å². The van der Waals surface area contributed by atoms with Crippen LogP contribution in [0.2, 0.25) is 0 Å². The van der Waals surface area contributed by atoms with Crippen molar-refractivity contribution in [2.75, 3.05) is 20.8 Å². The van der Waals surface area contributed by atoms with E-state index in [4.69, 9.17) is 9.47 Å². The number of nitrogens with one attached hydrogen (secondary N) is 2. The highest BCUT2D eigenvalue weighted by atomic mass is 16.5. The Hall–Kier alpha value is -3.10. The molecule has 2 amide bonds. The molecule has 0 aromatic heterocycles. The predicted octanol–water partition coefficient (Wildman–Crippen LogP) is 2.33. The van der Waals surface area contributed by atoms with E-state index in [0.717, 1.165) is 5.56 Å². The van der Waals surface area contributed by atoms with Crippen LogP contribution in [0.4, 0.5) is 4.79 Å². The third-order valence-corrected chi connectivity index (χ3v) is 4.62. The van der Waals surface area contributed by atoms with Crippen molar-refractivity contribution in [3.63, 3.8) is 0 Å². The molecule has 1 aromatic rings. The summed E-state index contributed by atoms with van der Waals surface area (Å²) >= 11 is 0. The SMILES string of the molecule is COC(=O)C[C@H](C)[C@@H](NC(=O)CCCCCNC(=O)OCc1ccccc1)C(=O)OC. The number of benzene rings is 1. The molecule has 9 nitrogen and oxygen atoms in total.